The third kappa shape index (κ3) is 25.8. The predicted octanol–water partition coefficient (Wildman–Crippen LogP) is 9.50. The van der Waals surface area contributed by atoms with Gasteiger partial charge in [-0.1, -0.05) is 115 Å². The quantitative estimate of drug-likeness (QED) is 0.0702. The molecule has 0 N–H and O–H groups in total. The number of carbonyl (C=O) groups excluding carboxylic acids is 1. The first-order valence-corrected chi connectivity index (χ1v) is 15.0. The minimum absolute atomic E-state index is 0.0734. The summed E-state index contributed by atoms with van der Waals surface area (Å²) in [6, 6.07) is 0. The Morgan fingerprint density at radius 3 is 1.65 bits per heavy atom. The minimum Gasteiger partial charge on any atom is -0.469 e. The van der Waals surface area contributed by atoms with Gasteiger partial charge in [0.25, 0.3) is 0 Å². The first-order chi connectivity index (χ1) is 16.6. The van der Waals surface area contributed by atoms with Crippen molar-refractivity contribution in [1.82, 2.24) is 4.90 Å². The molecular formula is C31H61NO2. The second kappa shape index (κ2) is 26.8. The zero-order valence-electron chi connectivity index (χ0n) is 23.8. The number of allylic oxidation sites excluding steroid dienone is 2. The standard InChI is InChI=1S/C31H61NO2/c1-5-6-7-19-22-25-30(28-29-32(2)3)26-23-20-17-15-13-11-9-8-10-12-14-16-18-21-24-27-31(33)34-4/h8,10,30H,5-7,9,11-29H2,1-4H3. The Hall–Kier alpha value is -0.830. The largest absolute Gasteiger partial charge is 0.469 e. The van der Waals surface area contributed by atoms with Crippen LogP contribution in [0.1, 0.15) is 148 Å². The second-order valence-electron chi connectivity index (χ2n) is 10.7. The molecule has 3 heteroatoms. The third-order valence-electron chi connectivity index (χ3n) is 7.08. The number of esters is 1. The summed E-state index contributed by atoms with van der Waals surface area (Å²) in [4.78, 5) is 13.4. The van der Waals surface area contributed by atoms with Gasteiger partial charge in [-0.3, -0.25) is 4.79 Å². The number of hydrogen-bond donors (Lipinski definition) is 0. The van der Waals surface area contributed by atoms with E-state index in [2.05, 4.69) is 42.8 Å². The van der Waals surface area contributed by atoms with Crippen molar-refractivity contribution in [1.29, 1.82) is 0 Å². The maximum absolute atomic E-state index is 11.0. The summed E-state index contributed by atoms with van der Waals surface area (Å²) in [5, 5.41) is 0. The maximum atomic E-state index is 11.0. The van der Waals surface area contributed by atoms with Gasteiger partial charge in [0.2, 0.25) is 0 Å². The molecule has 0 aromatic carbocycles. The zero-order chi connectivity index (χ0) is 25.1. The van der Waals surface area contributed by atoms with Crippen LogP contribution in [0, 0.1) is 5.92 Å². The molecular weight excluding hydrogens is 418 g/mol. The van der Waals surface area contributed by atoms with Crippen molar-refractivity contribution < 1.29 is 9.53 Å². The summed E-state index contributed by atoms with van der Waals surface area (Å²) in [6.45, 7) is 3.56. The Kier molecular flexibility index (Phi) is 26.1. The predicted molar refractivity (Wildman–Crippen MR) is 150 cm³/mol. The number of carbonyl (C=O) groups is 1. The van der Waals surface area contributed by atoms with Gasteiger partial charge in [-0.25, -0.2) is 0 Å². The first kappa shape index (κ1) is 33.2. The van der Waals surface area contributed by atoms with Crippen molar-refractivity contribution in [2.75, 3.05) is 27.7 Å². The number of nitrogens with zero attached hydrogens (tertiary/aromatic N) is 1. The van der Waals surface area contributed by atoms with Crippen LogP contribution in [-0.4, -0.2) is 38.6 Å². The highest BCUT2D eigenvalue weighted by Crippen LogP contribution is 2.22. The molecule has 0 spiro atoms. The van der Waals surface area contributed by atoms with Crippen molar-refractivity contribution in [2.45, 2.75) is 148 Å². The molecule has 0 aliphatic heterocycles. The van der Waals surface area contributed by atoms with Crippen LogP contribution in [0.3, 0.4) is 0 Å². The van der Waals surface area contributed by atoms with Crippen molar-refractivity contribution in [3.8, 4) is 0 Å². The van der Waals surface area contributed by atoms with Crippen LogP contribution in [0.15, 0.2) is 12.2 Å². The molecule has 0 radical (unpaired) electrons. The van der Waals surface area contributed by atoms with Gasteiger partial charge in [0.15, 0.2) is 0 Å². The van der Waals surface area contributed by atoms with Crippen LogP contribution in [0.4, 0.5) is 0 Å². The zero-order valence-corrected chi connectivity index (χ0v) is 23.8. The molecule has 0 aliphatic rings. The molecule has 202 valence electrons. The van der Waals surface area contributed by atoms with E-state index in [1.807, 2.05) is 0 Å². The SMILES string of the molecule is CCCCCCCC(CCCCCCCCC=CCCCCCCCC(=O)OC)CCN(C)C. The van der Waals surface area contributed by atoms with Crippen LogP contribution in [0.5, 0.6) is 0 Å². The van der Waals surface area contributed by atoms with E-state index in [1.165, 1.54) is 136 Å². The molecule has 0 bridgehead atoms. The average molecular weight is 480 g/mol. The van der Waals surface area contributed by atoms with Crippen LogP contribution in [0.2, 0.25) is 0 Å². The van der Waals surface area contributed by atoms with Gasteiger partial charge in [0.1, 0.15) is 0 Å². The summed E-state index contributed by atoms with van der Waals surface area (Å²) in [5.74, 6) is 0.879. The highest BCUT2D eigenvalue weighted by Gasteiger charge is 2.09. The lowest BCUT2D eigenvalue weighted by Gasteiger charge is -2.19. The van der Waals surface area contributed by atoms with Crippen molar-refractivity contribution in [2.24, 2.45) is 5.92 Å². The number of rotatable bonds is 26. The Labute approximate surface area is 214 Å². The molecule has 0 heterocycles. The lowest BCUT2D eigenvalue weighted by atomic mass is 9.91. The van der Waals surface area contributed by atoms with E-state index in [9.17, 15) is 4.79 Å². The van der Waals surface area contributed by atoms with E-state index in [4.69, 9.17) is 0 Å². The number of ether oxygens (including phenoxy) is 1. The second-order valence-corrected chi connectivity index (χ2v) is 10.7. The molecule has 0 fully saturated rings. The van der Waals surface area contributed by atoms with Gasteiger partial charge in [-0.2, -0.15) is 0 Å². The molecule has 3 nitrogen and oxygen atoms in total. The van der Waals surface area contributed by atoms with Gasteiger partial charge < -0.3 is 9.64 Å². The fourth-order valence-corrected chi connectivity index (χ4v) is 4.71. The van der Waals surface area contributed by atoms with Crippen molar-refractivity contribution in [3.05, 3.63) is 12.2 Å². The molecule has 1 atom stereocenters. The van der Waals surface area contributed by atoms with E-state index >= 15 is 0 Å². The molecule has 0 aromatic heterocycles. The summed E-state index contributed by atoms with van der Waals surface area (Å²) in [6.07, 6.45) is 33.6. The van der Waals surface area contributed by atoms with Crippen molar-refractivity contribution >= 4 is 5.97 Å². The van der Waals surface area contributed by atoms with Crippen LogP contribution in [-0.2, 0) is 9.53 Å². The number of unbranched alkanes of at least 4 members (excludes halogenated alkanes) is 15. The smallest absolute Gasteiger partial charge is 0.305 e. The Morgan fingerprint density at radius 1 is 0.676 bits per heavy atom. The summed E-state index contributed by atoms with van der Waals surface area (Å²) in [5.41, 5.74) is 0. The number of hydrogen-bond acceptors (Lipinski definition) is 3. The van der Waals surface area contributed by atoms with E-state index < -0.39 is 0 Å². The highest BCUT2D eigenvalue weighted by atomic mass is 16.5. The van der Waals surface area contributed by atoms with E-state index in [-0.39, 0.29) is 5.97 Å². The molecule has 34 heavy (non-hydrogen) atoms. The van der Waals surface area contributed by atoms with Crippen LogP contribution in [0.25, 0.3) is 0 Å². The number of methoxy groups -OCH3 is 1. The molecule has 0 amide bonds. The Morgan fingerprint density at radius 2 is 1.15 bits per heavy atom. The monoisotopic (exact) mass is 479 g/mol. The van der Waals surface area contributed by atoms with E-state index in [0.717, 1.165) is 18.8 Å². The summed E-state index contributed by atoms with van der Waals surface area (Å²) < 4.78 is 4.67. The molecule has 0 saturated carbocycles. The van der Waals surface area contributed by atoms with Gasteiger partial charge in [0, 0.05) is 6.42 Å². The molecule has 0 rings (SSSR count). The van der Waals surface area contributed by atoms with Crippen molar-refractivity contribution in [3.63, 3.8) is 0 Å². The fraction of sp³-hybridized carbons (Fsp3) is 0.903. The maximum Gasteiger partial charge on any atom is 0.305 e. The normalized spacial score (nSPS) is 12.6. The molecule has 1 unspecified atom stereocenters. The molecule has 0 aliphatic carbocycles. The minimum atomic E-state index is -0.0734. The Balaban J connectivity index is 3.53. The highest BCUT2D eigenvalue weighted by molar-refractivity contribution is 5.68. The summed E-state index contributed by atoms with van der Waals surface area (Å²) >= 11 is 0. The average Bonchev–Trinajstić information content (AvgIpc) is 2.83. The molecule has 0 saturated heterocycles. The van der Waals surface area contributed by atoms with Crippen LogP contribution < -0.4 is 0 Å². The van der Waals surface area contributed by atoms with Gasteiger partial charge in [-0.05, 0) is 65.1 Å². The molecule has 0 aromatic rings. The fourth-order valence-electron chi connectivity index (χ4n) is 4.71. The summed E-state index contributed by atoms with van der Waals surface area (Å²) in [7, 11) is 5.90. The van der Waals surface area contributed by atoms with Gasteiger partial charge >= 0.3 is 5.97 Å². The lowest BCUT2D eigenvalue weighted by molar-refractivity contribution is -0.140. The third-order valence-corrected chi connectivity index (χ3v) is 7.08. The topological polar surface area (TPSA) is 29.5 Å². The van der Waals surface area contributed by atoms with Crippen LogP contribution >= 0.6 is 0 Å². The lowest BCUT2D eigenvalue weighted by Crippen LogP contribution is -2.17. The Bertz CT molecular complexity index is 447. The van der Waals surface area contributed by atoms with E-state index in [1.54, 1.807) is 0 Å². The first-order valence-electron chi connectivity index (χ1n) is 15.0. The van der Waals surface area contributed by atoms with Gasteiger partial charge in [0.05, 0.1) is 7.11 Å². The van der Waals surface area contributed by atoms with E-state index in [0.29, 0.717) is 6.42 Å². The van der Waals surface area contributed by atoms with Gasteiger partial charge in [-0.15, -0.1) is 0 Å².